The summed E-state index contributed by atoms with van der Waals surface area (Å²) in [4.78, 5) is 10.5. The van der Waals surface area contributed by atoms with Crippen LogP contribution in [-0.4, -0.2) is 41.6 Å². The Morgan fingerprint density at radius 3 is 2.68 bits per heavy atom. The average molecular weight is 322 g/mol. The van der Waals surface area contributed by atoms with Crippen LogP contribution in [0.3, 0.4) is 0 Å². The Kier molecular flexibility index (Phi) is 5.77. The topological polar surface area (TPSA) is 66.5 Å². The molecule has 22 heavy (non-hydrogen) atoms. The lowest BCUT2D eigenvalue weighted by molar-refractivity contribution is 0.373. The molecule has 1 aromatic carbocycles. The first kappa shape index (κ1) is 16.3. The van der Waals surface area contributed by atoms with E-state index >= 15 is 0 Å². The lowest BCUT2D eigenvalue weighted by atomic mass is 10.2. The minimum atomic E-state index is 0.626. The summed E-state index contributed by atoms with van der Waals surface area (Å²) in [5.74, 6) is 2.09. The molecule has 0 atom stereocenters. The summed E-state index contributed by atoms with van der Waals surface area (Å²) >= 11 is 5.90. The fraction of sp³-hybridized carbons (Fsp3) is 0.400. The molecule has 1 N–H and O–H groups in total. The number of aryl methyl sites for hydroxylation is 1. The zero-order valence-electron chi connectivity index (χ0n) is 13.0. The predicted octanol–water partition coefficient (Wildman–Crippen LogP) is 2.28. The molecule has 7 heteroatoms. The Hall–Kier alpha value is -2.08. The largest absolute Gasteiger partial charge is 0.356 e. The number of hydrogen-bond acceptors (Lipinski definition) is 4. The van der Waals surface area contributed by atoms with Crippen molar-refractivity contribution in [1.82, 2.24) is 20.4 Å². The zero-order valence-corrected chi connectivity index (χ0v) is 13.8. The quantitative estimate of drug-likeness (QED) is 0.676. The molecule has 0 bridgehead atoms. The van der Waals surface area contributed by atoms with E-state index in [2.05, 4.69) is 20.4 Å². The molecule has 118 valence electrons. The predicted molar refractivity (Wildman–Crippen MR) is 87.0 cm³/mol. The van der Waals surface area contributed by atoms with Gasteiger partial charge in [-0.25, -0.2) is 0 Å². The number of benzene rings is 1. The molecular weight excluding hydrogens is 302 g/mol. The van der Waals surface area contributed by atoms with Gasteiger partial charge in [0.2, 0.25) is 5.89 Å². The van der Waals surface area contributed by atoms with Crippen LogP contribution in [0.1, 0.15) is 17.3 Å². The summed E-state index contributed by atoms with van der Waals surface area (Å²) in [6.45, 7) is 3.23. The van der Waals surface area contributed by atoms with Gasteiger partial charge in [-0.2, -0.15) is 4.98 Å². The van der Waals surface area contributed by atoms with Crippen LogP contribution < -0.4 is 5.32 Å². The number of aromatic nitrogens is 2. The third-order valence-corrected chi connectivity index (χ3v) is 3.35. The normalized spacial score (nSPS) is 11.5. The third kappa shape index (κ3) is 4.73. The van der Waals surface area contributed by atoms with Crippen molar-refractivity contribution < 1.29 is 4.52 Å². The van der Waals surface area contributed by atoms with Gasteiger partial charge in [0.15, 0.2) is 11.8 Å². The molecule has 0 aliphatic carbocycles. The summed E-state index contributed by atoms with van der Waals surface area (Å²) in [5.41, 5.74) is 1.17. The molecule has 0 unspecified atom stereocenters. The number of hydrogen-bond donors (Lipinski definition) is 1. The highest BCUT2D eigenvalue weighted by Gasteiger charge is 2.08. The zero-order chi connectivity index (χ0) is 15.9. The van der Waals surface area contributed by atoms with Crippen LogP contribution in [0.4, 0.5) is 0 Å². The second kappa shape index (κ2) is 7.79. The van der Waals surface area contributed by atoms with Crippen molar-refractivity contribution in [2.45, 2.75) is 19.9 Å². The molecule has 6 nitrogen and oxygen atoms in total. The molecule has 0 saturated carbocycles. The Balaban J connectivity index is 1.83. The van der Waals surface area contributed by atoms with E-state index in [1.165, 1.54) is 5.56 Å². The van der Waals surface area contributed by atoms with Gasteiger partial charge in [0.25, 0.3) is 0 Å². The summed E-state index contributed by atoms with van der Waals surface area (Å²) in [7, 11) is 3.75. The van der Waals surface area contributed by atoms with Gasteiger partial charge < -0.3 is 14.7 Å². The van der Waals surface area contributed by atoms with Crippen molar-refractivity contribution in [2.75, 3.05) is 20.6 Å². The molecule has 2 rings (SSSR count). The second-order valence-electron chi connectivity index (χ2n) is 4.94. The highest BCUT2D eigenvalue weighted by atomic mass is 35.5. The van der Waals surface area contributed by atoms with Crippen LogP contribution in [0.5, 0.6) is 0 Å². The Morgan fingerprint density at radius 2 is 2.09 bits per heavy atom. The maximum Gasteiger partial charge on any atom is 0.228 e. The average Bonchev–Trinajstić information content (AvgIpc) is 2.91. The smallest absolute Gasteiger partial charge is 0.228 e. The molecule has 0 saturated heterocycles. The van der Waals surface area contributed by atoms with E-state index in [1.54, 1.807) is 14.0 Å². The maximum absolute atomic E-state index is 5.90. The van der Waals surface area contributed by atoms with E-state index in [9.17, 15) is 0 Å². The standard InChI is InChI=1S/C15H20ClN5O/c1-11-19-14(22-20-11)8-9-18-15(17-2)21(3)10-12-4-6-13(16)7-5-12/h4-7H,8-10H2,1-3H3,(H,17,18). The van der Waals surface area contributed by atoms with Crippen molar-refractivity contribution in [3.05, 3.63) is 46.6 Å². The van der Waals surface area contributed by atoms with Crippen molar-refractivity contribution >= 4 is 17.6 Å². The molecule has 0 fully saturated rings. The lowest BCUT2D eigenvalue weighted by Gasteiger charge is -2.22. The van der Waals surface area contributed by atoms with Gasteiger partial charge in [0, 0.05) is 38.6 Å². The maximum atomic E-state index is 5.90. The van der Waals surface area contributed by atoms with E-state index in [-0.39, 0.29) is 0 Å². The number of nitrogens with one attached hydrogen (secondary N) is 1. The number of rotatable bonds is 5. The number of guanidine groups is 1. The van der Waals surface area contributed by atoms with Crippen LogP contribution in [0, 0.1) is 6.92 Å². The first-order valence-electron chi connectivity index (χ1n) is 7.04. The van der Waals surface area contributed by atoms with E-state index < -0.39 is 0 Å². The number of aliphatic imine (C=N–C) groups is 1. The van der Waals surface area contributed by atoms with E-state index in [1.807, 2.05) is 36.2 Å². The van der Waals surface area contributed by atoms with Gasteiger partial charge >= 0.3 is 0 Å². The Labute approximate surface area is 135 Å². The summed E-state index contributed by atoms with van der Waals surface area (Å²) in [6.07, 6.45) is 0.661. The molecular formula is C15H20ClN5O. The molecule has 0 aliphatic rings. The molecule has 1 aromatic heterocycles. The van der Waals surface area contributed by atoms with Gasteiger partial charge in [-0.3, -0.25) is 4.99 Å². The van der Waals surface area contributed by atoms with Crippen LogP contribution in [0.2, 0.25) is 5.02 Å². The van der Waals surface area contributed by atoms with Gasteiger partial charge in [0.05, 0.1) is 0 Å². The Morgan fingerprint density at radius 1 is 1.36 bits per heavy atom. The lowest BCUT2D eigenvalue weighted by Crippen LogP contribution is -2.39. The summed E-state index contributed by atoms with van der Waals surface area (Å²) in [5, 5.41) is 7.79. The molecule has 0 aliphatic heterocycles. The summed E-state index contributed by atoms with van der Waals surface area (Å²) < 4.78 is 5.08. The Bertz CT molecular complexity index is 623. The summed E-state index contributed by atoms with van der Waals surface area (Å²) in [6, 6.07) is 7.79. The molecule has 1 heterocycles. The van der Waals surface area contributed by atoms with Crippen molar-refractivity contribution in [3.8, 4) is 0 Å². The SMILES string of the molecule is CN=C(NCCc1nc(C)no1)N(C)Cc1ccc(Cl)cc1. The fourth-order valence-electron chi connectivity index (χ4n) is 2.05. The highest BCUT2D eigenvalue weighted by Crippen LogP contribution is 2.11. The molecule has 0 spiro atoms. The second-order valence-corrected chi connectivity index (χ2v) is 5.38. The van der Waals surface area contributed by atoms with E-state index in [4.69, 9.17) is 16.1 Å². The third-order valence-electron chi connectivity index (χ3n) is 3.10. The van der Waals surface area contributed by atoms with Crippen molar-refractivity contribution in [3.63, 3.8) is 0 Å². The van der Waals surface area contributed by atoms with Crippen molar-refractivity contribution in [1.29, 1.82) is 0 Å². The first-order valence-corrected chi connectivity index (χ1v) is 7.41. The van der Waals surface area contributed by atoms with Gasteiger partial charge in [-0.1, -0.05) is 28.9 Å². The van der Waals surface area contributed by atoms with E-state index in [0.29, 0.717) is 24.7 Å². The number of nitrogens with zero attached hydrogens (tertiary/aromatic N) is 4. The van der Waals surface area contributed by atoms with Crippen LogP contribution in [0.15, 0.2) is 33.8 Å². The molecule has 0 amide bonds. The van der Waals surface area contributed by atoms with E-state index in [0.717, 1.165) is 17.5 Å². The van der Waals surface area contributed by atoms with Crippen molar-refractivity contribution in [2.24, 2.45) is 4.99 Å². The monoisotopic (exact) mass is 321 g/mol. The highest BCUT2D eigenvalue weighted by molar-refractivity contribution is 6.30. The van der Waals surface area contributed by atoms with Crippen LogP contribution in [-0.2, 0) is 13.0 Å². The van der Waals surface area contributed by atoms with Gasteiger partial charge in [0.1, 0.15) is 0 Å². The minimum Gasteiger partial charge on any atom is -0.356 e. The molecule has 2 aromatic rings. The van der Waals surface area contributed by atoms with Gasteiger partial charge in [-0.05, 0) is 24.6 Å². The van der Waals surface area contributed by atoms with Crippen LogP contribution in [0.25, 0.3) is 0 Å². The minimum absolute atomic E-state index is 0.626. The van der Waals surface area contributed by atoms with Crippen LogP contribution >= 0.6 is 11.6 Å². The fourth-order valence-corrected chi connectivity index (χ4v) is 2.17. The molecule has 0 radical (unpaired) electrons. The number of halogens is 1. The first-order chi connectivity index (χ1) is 10.6. The van der Waals surface area contributed by atoms with Gasteiger partial charge in [-0.15, -0.1) is 0 Å².